The summed E-state index contributed by atoms with van der Waals surface area (Å²) in [6, 6.07) is 14.4. The summed E-state index contributed by atoms with van der Waals surface area (Å²) in [5.41, 5.74) is 1.31. The number of ether oxygens (including phenoxy) is 2. The zero-order valence-corrected chi connectivity index (χ0v) is 16.6. The summed E-state index contributed by atoms with van der Waals surface area (Å²) in [6.45, 7) is 3.15. The van der Waals surface area contributed by atoms with Crippen molar-refractivity contribution in [3.63, 3.8) is 0 Å². The summed E-state index contributed by atoms with van der Waals surface area (Å²) in [7, 11) is 3.15. The van der Waals surface area contributed by atoms with Gasteiger partial charge in [0.2, 0.25) is 0 Å². The molecule has 0 fully saturated rings. The second-order valence-corrected chi connectivity index (χ2v) is 6.38. The molecular weight excluding hydrogens is 358 g/mol. The van der Waals surface area contributed by atoms with E-state index in [4.69, 9.17) is 9.47 Å². The van der Waals surface area contributed by atoms with Crippen molar-refractivity contribution in [3.8, 4) is 11.5 Å². The Labute approximate surface area is 165 Å². The van der Waals surface area contributed by atoms with E-state index >= 15 is 0 Å². The lowest BCUT2D eigenvalue weighted by Gasteiger charge is -2.18. The van der Waals surface area contributed by atoms with Gasteiger partial charge in [0.1, 0.15) is 11.5 Å². The number of carbonyl (C=O) groups is 2. The van der Waals surface area contributed by atoms with Gasteiger partial charge in [-0.25, -0.2) is 0 Å². The van der Waals surface area contributed by atoms with Crippen molar-refractivity contribution in [2.75, 3.05) is 44.5 Å². The highest BCUT2D eigenvalue weighted by atomic mass is 16.5. The molecule has 2 amide bonds. The molecule has 0 aliphatic rings. The van der Waals surface area contributed by atoms with E-state index in [-0.39, 0.29) is 24.9 Å². The molecule has 28 heavy (non-hydrogen) atoms. The lowest BCUT2D eigenvalue weighted by atomic mass is 10.3. The van der Waals surface area contributed by atoms with E-state index in [1.54, 1.807) is 50.6 Å². The third-order valence-corrected chi connectivity index (χ3v) is 4.18. The number of quaternary nitrogens is 1. The summed E-state index contributed by atoms with van der Waals surface area (Å²) in [6.07, 6.45) is 0.868. The van der Waals surface area contributed by atoms with Crippen molar-refractivity contribution >= 4 is 23.2 Å². The van der Waals surface area contributed by atoms with E-state index in [1.807, 2.05) is 19.1 Å². The van der Waals surface area contributed by atoms with Crippen LogP contribution in [0.4, 0.5) is 11.4 Å². The molecule has 7 nitrogen and oxygen atoms in total. The van der Waals surface area contributed by atoms with Crippen LogP contribution in [0.5, 0.6) is 11.5 Å². The number of rotatable bonds is 10. The first-order valence-electron chi connectivity index (χ1n) is 9.26. The molecule has 0 aliphatic carbocycles. The lowest BCUT2D eigenvalue weighted by Crippen LogP contribution is -3.14. The minimum absolute atomic E-state index is 0.140. The Morgan fingerprint density at radius 1 is 0.893 bits per heavy atom. The normalized spacial score (nSPS) is 11.4. The third kappa shape index (κ3) is 6.59. The predicted molar refractivity (Wildman–Crippen MR) is 109 cm³/mol. The Hall–Kier alpha value is -3.06. The standard InChI is InChI=1S/C21H27N3O4/c1-4-13-24(14-20(25)22-16-9-11-17(27-2)12-10-16)15-21(26)23-18-7-5-6-8-19(18)28-3/h5-12H,4,13-15H2,1-3H3,(H,22,25)(H,23,26)/p+1. The topological polar surface area (TPSA) is 81.1 Å². The van der Waals surface area contributed by atoms with Crippen LogP contribution in [0.2, 0.25) is 0 Å². The van der Waals surface area contributed by atoms with Gasteiger partial charge in [0, 0.05) is 5.69 Å². The number of hydrogen-bond donors (Lipinski definition) is 3. The van der Waals surface area contributed by atoms with Gasteiger partial charge in [0.15, 0.2) is 13.1 Å². The van der Waals surface area contributed by atoms with Gasteiger partial charge in [-0.05, 0) is 42.8 Å². The average molecular weight is 386 g/mol. The smallest absolute Gasteiger partial charge is 0.279 e. The van der Waals surface area contributed by atoms with E-state index < -0.39 is 0 Å². The Kier molecular flexibility index (Phi) is 8.30. The molecule has 0 spiro atoms. The first-order chi connectivity index (χ1) is 13.5. The van der Waals surface area contributed by atoms with Gasteiger partial charge < -0.3 is 25.0 Å². The summed E-state index contributed by atoms with van der Waals surface area (Å²) in [4.78, 5) is 25.7. The summed E-state index contributed by atoms with van der Waals surface area (Å²) in [5.74, 6) is 1.03. The number of methoxy groups -OCH3 is 2. The maximum absolute atomic E-state index is 12.4. The molecule has 0 bridgehead atoms. The Morgan fingerprint density at radius 2 is 1.54 bits per heavy atom. The molecule has 2 aromatic rings. The Bertz CT molecular complexity index is 777. The number of carbonyl (C=O) groups excluding carboxylic acids is 2. The Morgan fingerprint density at radius 3 is 2.14 bits per heavy atom. The van der Waals surface area contributed by atoms with Crippen molar-refractivity contribution < 1.29 is 24.0 Å². The highest BCUT2D eigenvalue weighted by Gasteiger charge is 2.18. The number of benzene rings is 2. The number of para-hydroxylation sites is 2. The second-order valence-electron chi connectivity index (χ2n) is 6.38. The molecular formula is C21H28N3O4+. The maximum atomic E-state index is 12.4. The minimum atomic E-state index is -0.162. The van der Waals surface area contributed by atoms with Crippen LogP contribution >= 0.6 is 0 Å². The van der Waals surface area contributed by atoms with Crippen molar-refractivity contribution in [2.24, 2.45) is 0 Å². The SMILES string of the molecule is CCC[NH+](CC(=O)Nc1ccc(OC)cc1)CC(=O)Nc1ccccc1OC. The molecule has 150 valence electrons. The van der Waals surface area contributed by atoms with Gasteiger partial charge in [0.05, 0.1) is 26.5 Å². The molecule has 0 radical (unpaired) electrons. The molecule has 1 atom stereocenters. The van der Waals surface area contributed by atoms with Crippen LogP contribution < -0.4 is 25.0 Å². The summed E-state index contributed by atoms with van der Waals surface area (Å²) >= 11 is 0. The van der Waals surface area contributed by atoms with Crippen LogP contribution in [0.3, 0.4) is 0 Å². The van der Waals surface area contributed by atoms with E-state index in [9.17, 15) is 9.59 Å². The zero-order valence-electron chi connectivity index (χ0n) is 16.6. The first-order valence-corrected chi connectivity index (χ1v) is 9.26. The second kappa shape index (κ2) is 10.9. The fraction of sp³-hybridized carbons (Fsp3) is 0.333. The average Bonchev–Trinajstić information content (AvgIpc) is 2.69. The van der Waals surface area contributed by atoms with Gasteiger partial charge in [-0.2, -0.15) is 0 Å². The van der Waals surface area contributed by atoms with Crippen LogP contribution in [0.25, 0.3) is 0 Å². The van der Waals surface area contributed by atoms with E-state index in [2.05, 4.69) is 10.6 Å². The van der Waals surface area contributed by atoms with Gasteiger partial charge in [-0.15, -0.1) is 0 Å². The Balaban J connectivity index is 1.92. The molecule has 0 heterocycles. The molecule has 0 aromatic heterocycles. The highest BCUT2D eigenvalue weighted by Crippen LogP contribution is 2.22. The van der Waals surface area contributed by atoms with Crippen LogP contribution in [0.1, 0.15) is 13.3 Å². The zero-order chi connectivity index (χ0) is 20.4. The lowest BCUT2D eigenvalue weighted by molar-refractivity contribution is -0.883. The first kappa shape index (κ1) is 21.2. The molecule has 7 heteroatoms. The predicted octanol–water partition coefficient (Wildman–Crippen LogP) is 1.58. The number of nitrogens with one attached hydrogen (secondary N) is 3. The van der Waals surface area contributed by atoms with Crippen molar-refractivity contribution in [3.05, 3.63) is 48.5 Å². The minimum Gasteiger partial charge on any atom is -0.497 e. The number of amides is 2. The van der Waals surface area contributed by atoms with Crippen molar-refractivity contribution in [2.45, 2.75) is 13.3 Å². The molecule has 2 rings (SSSR count). The fourth-order valence-corrected chi connectivity index (χ4v) is 2.87. The van der Waals surface area contributed by atoms with Gasteiger partial charge >= 0.3 is 0 Å². The van der Waals surface area contributed by atoms with E-state index in [0.29, 0.717) is 17.1 Å². The van der Waals surface area contributed by atoms with Crippen LogP contribution in [0.15, 0.2) is 48.5 Å². The molecule has 1 unspecified atom stereocenters. The molecule has 0 aliphatic heterocycles. The molecule has 2 aromatic carbocycles. The van der Waals surface area contributed by atoms with Gasteiger partial charge in [-0.3, -0.25) is 9.59 Å². The van der Waals surface area contributed by atoms with Crippen LogP contribution in [0, 0.1) is 0 Å². The summed E-state index contributed by atoms with van der Waals surface area (Å²) < 4.78 is 10.4. The number of anilines is 2. The highest BCUT2D eigenvalue weighted by molar-refractivity contribution is 5.94. The largest absolute Gasteiger partial charge is 0.497 e. The van der Waals surface area contributed by atoms with Gasteiger partial charge in [-0.1, -0.05) is 19.1 Å². The molecule has 0 saturated heterocycles. The fourth-order valence-electron chi connectivity index (χ4n) is 2.87. The maximum Gasteiger partial charge on any atom is 0.279 e. The molecule has 3 N–H and O–H groups in total. The molecule has 0 saturated carbocycles. The third-order valence-electron chi connectivity index (χ3n) is 4.18. The number of hydrogen-bond acceptors (Lipinski definition) is 4. The quantitative estimate of drug-likeness (QED) is 0.579. The van der Waals surface area contributed by atoms with Crippen LogP contribution in [-0.4, -0.2) is 45.7 Å². The van der Waals surface area contributed by atoms with E-state index in [0.717, 1.165) is 23.6 Å². The van der Waals surface area contributed by atoms with Crippen molar-refractivity contribution in [1.82, 2.24) is 0 Å². The van der Waals surface area contributed by atoms with Gasteiger partial charge in [0.25, 0.3) is 11.8 Å². The summed E-state index contributed by atoms with van der Waals surface area (Å²) in [5, 5.41) is 5.71. The van der Waals surface area contributed by atoms with E-state index in [1.165, 1.54) is 0 Å². The van der Waals surface area contributed by atoms with Crippen molar-refractivity contribution in [1.29, 1.82) is 0 Å². The monoisotopic (exact) mass is 386 g/mol. The van der Waals surface area contributed by atoms with Crippen LogP contribution in [-0.2, 0) is 9.59 Å².